The van der Waals surface area contributed by atoms with Crippen LogP contribution >= 0.6 is 23.2 Å². The lowest BCUT2D eigenvalue weighted by molar-refractivity contribution is 0.0696. The normalized spacial score (nSPS) is 14.5. The van der Waals surface area contributed by atoms with E-state index in [1.54, 1.807) is 25.1 Å². The van der Waals surface area contributed by atoms with Crippen molar-refractivity contribution in [3.63, 3.8) is 0 Å². The van der Waals surface area contributed by atoms with Crippen LogP contribution in [0.3, 0.4) is 0 Å². The summed E-state index contributed by atoms with van der Waals surface area (Å²) in [6, 6.07) is 5.91. The number of hydrogen-bond donors (Lipinski definition) is 2. The van der Waals surface area contributed by atoms with E-state index >= 15 is 0 Å². The Bertz CT molecular complexity index is 1050. The molecule has 1 atom stereocenters. The molecule has 0 aliphatic heterocycles. The molecular weight excluding hydrogens is 425 g/mol. The second-order valence-corrected chi connectivity index (χ2v) is 8.31. The number of aromatic carboxylic acids is 1. The van der Waals surface area contributed by atoms with Gasteiger partial charge in [-0.3, -0.25) is 0 Å². The predicted octanol–water partition coefficient (Wildman–Crippen LogP) is 5.86. The molecule has 0 spiro atoms. The molecule has 4 rings (SSSR count). The summed E-state index contributed by atoms with van der Waals surface area (Å²) in [6.45, 7) is 5.84. The third-order valence-corrected chi connectivity index (χ3v) is 6.00. The minimum atomic E-state index is -1.06. The molecule has 2 aromatic heterocycles. The van der Waals surface area contributed by atoms with Crippen LogP contribution in [0, 0.1) is 12.8 Å². The maximum absolute atomic E-state index is 11.5. The summed E-state index contributed by atoms with van der Waals surface area (Å²) in [5.74, 6) is 0.497. The first-order valence-electron chi connectivity index (χ1n) is 10.2. The van der Waals surface area contributed by atoms with Gasteiger partial charge in [0.2, 0.25) is 5.71 Å². The molecule has 1 aliphatic carbocycles. The van der Waals surface area contributed by atoms with Crippen LogP contribution in [0.5, 0.6) is 0 Å². The number of fused-ring (bicyclic) bond motifs is 1. The molecule has 3 aromatic rings. The van der Waals surface area contributed by atoms with Crippen LogP contribution in [0.25, 0.3) is 17.0 Å². The lowest BCUT2D eigenvalue weighted by Gasteiger charge is -2.10. The minimum Gasteiger partial charge on any atom is -0.477 e. The molecular formula is C22H27Cl2N3O3. The molecule has 1 fully saturated rings. The van der Waals surface area contributed by atoms with E-state index in [1.165, 1.54) is 23.8 Å². The molecule has 0 radical (unpaired) electrons. The number of hydrogen-bond acceptors (Lipinski definition) is 4. The zero-order chi connectivity index (χ0) is 22.0. The molecule has 0 bridgehead atoms. The first kappa shape index (κ1) is 22.7. The molecule has 1 aromatic carbocycles. The zero-order valence-corrected chi connectivity index (χ0v) is 19.1. The summed E-state index contributed by atoms with van der Waals surface area (Å²) in [6.07, 6.45) is 4.70. The van der Waals surface area contributed by atoms with Gasteiger partial charge in [0.1, 0.15) is 17.0 Å². The Balaban J connectivity index is 0.000000269. The summed E-state index contributed by atoms with van der Waals surface area (Å²) in [5.41, 5.74) is 2.07. The van der Waals surface area contributed by atoms with Crippen LogP contribution < -0.4 is 5.32 Å². The van der Waals surface area contributed by atoms with E-state index in [-0.39, 0.29) is 11.3 Å². The first-order chi connectivity index (χ1) is 14.3. The minimum absolute atomic E-state index is 0.0851. The van der Waals surface area contributed by atoms with Gasteiger partial charge in [-0.25, -0.2) is 4.79 Å². The fourth-order valence-electron chi connectivity index (χ4n) is 3.75. The highest BCUT2D eigenvalue weighted by Gasteiger charge is 2.28. The fraction of sp³-hybridized carbons (Fsp3) is 0.455. The summed E-state index contributed by atoms with van der Waals surface area (Å²) < 4.78 is 7.13. The summed E-state index contributed by atoms with van der Waals surface area (Å²) >= 11 is 12.2. The highest BCUT2D eigenvalue weighted by Crippen LogP contribution is 2.35. The molecule has 2 heterocycles. The third kappa shape index (κ3) is 4.51. The molecule has 0 saturated heterocycles. The first-order valence-corrected chi connectivity index (χ1v) is 10.9. The molecule has 0 amide bonds. The summed E-state index contributed by atoms with van der Waals surface area (Å²) in [7, 11) is 2.06. The molecule has 2 N–H and O–H groups in total. The number of nitrogens with one attached hydrogen (secondary N) is 1. The number of rotatable bonds is 6. The Kier molecular flexibility index (Phi) is 7.11. The quantitative estimate of drug-likeness (QED) is 0.489. The highest BCUT2D eigenvalue weighted by molar-refractivity contribution is 6.36. The third-order valence-electron chi connectivity index (χ3n) is 5.45. The van der Waals surface area contributed by atoms with E-state index in [0.29, 0.717) is 39.2 Å². The zero-order valence-electron chi connectivity index (χ0n) is 17.6. The molecule has 1 aliphatic rings. The number of aryl methyl sites for hydroxylation is 2. The SMILES string of the molecule is CCC(NC)C1CC1.CCc1nn2c(-c3ccc(Cl)cc3Cl)c(C)oc2c1C(=O)O. The van der Waals surface area contributed by atoms with E-state index in [2.05, 4.69) is 24.4 Å². The van der Waals surface area contributed by atoms with Crippen LogP contribution in [-0.4, -0.2) is 33.8 Å². The Labute approximate surface area is 186 Å². The van der Waals surface area contributed by atoms with E-state index < -0.39 is 5.97 Å². The average Bonchev–Trinajstić information content (AvgIpc) is 3.40. The van der Waals surface area contributed by atoms with Gasteiger partial charge in [-0.05, 0) is 63.8 Å². The van der Waals surface area contributed by atoms with Gasteiger partial charge in [0.25, 0.3) is 0 Å². The Morgan fingerprint density at radius 3 is 2.53 bits per heavy atom. The van der Waals surface area contributed by atoms with Crippen LogP contribution in [0.15, 0.2) is 22.6 Å². The van der Waals surface area contributed by atoms with Gasteiger partial charge in [0.05, 0.1) is 10.7 Å². The molecule has 162 valence electrons. The van der Waals surface area contributed by atoms with E-state index in [9.17, 15) is 9.90 Å². The van der Waals surface area contributed by atoms with Crippen molar-refractivity contribution in [3.8, 4) is 11.3 Å². The Morgan fingerprint density at radius 1 is 1.37 bits per heavy atom. The number of aromatic nitrogens is 2. The maximum atomic E-state index is 11.5. The van der Waals surface area contributed by atoms with Crippen molar-refractivity contribution in [1.29, 1.82) is 0 Å². The number of halogens is 2. The molecule has 30 heavy (non-hydrogen) atoms. The lowest BCUT2D eigenvalue weighted by atomic mass is 10.1. The number of benzene rings is 1. The monoisotopic (exact) mass is 451 g/mol. The van der Waals surface area contributed by atoms with Crippen LogP contribution in [0.1, 0.15) is 54.9 Å². The van der Waals surface area contributed by atoms with Gasteiger partial charge in [-0.1, -0.05) is 37.0 Å². The Morgan fingerprint density at radius 2 is 2.07 bits per heavy atom. The van der Waals surface area contributed by atoms with E-state index in [4.69, 9.17) is 27.6 Å². The van der Waals surface area contributed by atoms with Gasteiger partial charge in [-0.2, -0.15) is 9.61 Å². The number of oxazole rings is 1. The molecule has 1 saturated carbocycles. The van der Waals surface area contributed by atoms with Gasteiger partial charge in [-0.15, -0.1) is 0 Å². The van der Waals surface area contributed by atoms with Gasteiger partial charge < -0.3 is 14.8 Å². The largest absolute Gasteiger partial charge is 0.477 e. The number of nitrogens with zero attached hydrogens (tertiary/aromatic N) is 2. The second kappa shape index (κ2) is 9.41. The lowest BCUT2D eigenvalue weighted by Crippen LogP contribution is -2.25. The van der Waals surface area contributed by atoms with Crippen molar-refractivity contribution in [1.82, 2.24) is 14.9 Å². The number of carbonyl (C=O) groups is 1. The Hall–Kier alpha value is -2.02. The van der Waals surface area contributed by atoms with Crippen molar-refractivity contribution in [2.75, 3.05) is 7.05 Å². The standard InChI is InChI=1S/C15H12Cl2N2O3.C7H15N/c1-3-11-12(15(20)21)14-19(18-11)13(7(2)22-14)9-5-4-8(16)6-10(9)17;1-3-7(8-2)6-4-5-6/h4-6H,3H2,1-2H3,(H,20,21);6-8H,3-5H2,1-2H3. The van der Waals surface area contributed by atoms with Crippen molar-refractivity contribution in [2.24, 2.45) is 5.92 Å². The van der Waals surface area contributed by atoms with Gasteiger partial charge in [0, 0.05) is 16.6 Å². The van der Waals surface area contributed by atoms with Crippen molar-refractivity contribution >= 4 is 34.9 Å². The average molecular weight is 452 g/mol. The number of carboxylic acids is 1. The van der Waals surface area contributed by atoms with Crippen LogP contribution in [-0.2, 0) is 6.42 Å². The van der Waals surface area contributed by atoms with Crippen molar-refractivity contribution in [2.45, 2.75) is 52.5 Å². The van der Waals surface area contributed by atoms with E-state index in [0.717, 1.165) is 12.0 Å². The van der Waals surface area contributed by atoms with E-state index in [1.807, 2.05) is 6.92 Å². The maximum Gasteiger partial charge on any atom is 0.343 e. The van der Waals surface area contributed by atoms with Crippen LogP contribution in [0.2, 0.25) is 10.0 Å². The van der Waals surface area contributed by atoms with Crippen molar-refractivity contribution in [3.05, 3.63) is 45.3 Å². The number of carboxylic acid groups (broad SMARTS) is 1. The smallest absolute Gasteiger partial charge is 0.343 e. The predicted molar refractivity (Wildman–Crippen MR) is 120 cm³/mol. The molecule has 1 unspecified atom stereocenters. The summed E-state index contributed by atoms with van der Waals surface area (Å²) in [4.78, 5) is 11.5. The highest BCUT2D eigenvalue weighted by atomic mass is 35.5. The topological polar surface area (TPSA) is 79.8 Å². The second-order valence-electron chi connectivity index (χ2n) is 7.47. The van der Waals surface area contributed by atoms with Gasteiger partial charge >= 0.3 is 5.97 Å². The fourth-order valence-corrected chi connectivity index (χ4v) is 4.25. The molecule has 8 heteroatoms. The summed E-state index contributed by atoms with van der Waals surface area (Å²) in [5, 5.41) is 18.0. The van der Waals surface area contributed by atoms with Gasteiger partial charge in [0.15, 0.2) is 0 Å². The van der Waals surface area contributed by atoms with Crippen LogP contribution in [0.4, 0.5) is 0 Å². The van der Waals surface area contributed by atoms with Crippen molar-refractivity contribution < 1.29 is 14.3 Å². The molecule has 6 nitrogen and oxygen atoms in total.